The molecule has 1 saturated carbocycles. The summed E-state index contributed by atoms with van der Waals surface area (Å²) in [5, 5.41) is 2.91. The predicted molar refractivity (Wildman–Crippen MR) is 107 cm³/mol. The van der Waals surface area contributed by atoms with Gasteiger partial charge in [0.25, 0.3) is 5.91 Å². The molecule has 1 N–H and O–H groups in total. The molecule has 1 amide bonds. The van der Waals surface area contributed by atoms with E-state index < -0.39 is 9.84 Å². The number of hydrogen-bond donors (Lipinski definition) is 1. The monoisotopic (exact) mass is 386 g/mol. The minimum Gasteiger partial charge on any atom is -0.349 e. The molecule has 2 heterocycles. The van der Waals surface area contributed by atoms with Crippen LogP contribution in [-0.4, -0.2) is 31.7 Å². The molecule has 4 rings (SSSR count). The summed E-state index contributed by atoms with van der Waals surface area (Å²) in [7, 11) is -3.10. The Morgan fingerprint density at radius 1 is 1.22 bits per heavy atom. The van der Waals surface area contributed by atoms with Gasteiger partial charge in [0.15, 0.2) is 9.84 Å². The number of nitrogens with zero attached hydrogens (tertiary/aromatic N) is 1. The maximum Gasteiger partial charge on any atom is 0.268 e. The molecule has 27 heavy (non-hydrogen) atoms. The van der Waals surface area contributed by atoms with Crippen molar-refractivity contribution in [3.8, 4) is 11.3 Å². The van der Waals surface area contributed by atoms with Gasteiger partial charge in [0, 0.05) is 30.6 Å². The lowest BCUT2D eigenvalue weighted by molar-refractivity contribution is 0.0927. The van der Waals surface area contributed by atoms with Crippen LogP contribution in [0, 0.1) is 12.8 Å². The molecule has 2 aliphatic rings. The van der Waals surface area contributed by atoms with Crippen LogP contribution in [0.1, 0.15) is 46.4 Å². The topological polar surface area (TPSA) is 68.2 Å². The SMILES string of the molecule is Cc1cc(-c2cc(CS(C)(=O)=O)ccc2CCC2CC2)n2c1C(=O)NCC2. The van der Waals surface area contributed by atoms with E-state index in [-0.39, 0.29) is 11.7 Å². The quantitative estimate of drug-likeness (QED) is 0.829. The molecule has 6 heteroatoms. The van der Waals surface area contributed by atoms with E-state index in [0.717, 1.165) is 47.0 Å². The highest BCUT2D eigenvalue weighted by atomic mass is 32.2. The molecular formula is C21H26N2O3S. The molecule has 1 aliphatic heterocycles. The van der Waals surface area contributed by atoms with E-state index in [2.05, 4.69) is 22.0 Å². The summed E-state index contributed by atoms with van der Waals surface area (Å²) in [5.74, 6) is 0.842. The molecule has 1 aromatic heterocycles. The average Bonchev–Trinajstić information content (AvgIpc) is 3.35. The minimum absolute atomic E-state index is 0.0307. The van der Waals surface area contributed by atoms with Gasteiger partial charge in [0.2, 0.25) is 0 Å². The van der Waals surface area contributed by atoms with Gasteiger partial charge < -0.3 is 9.88 Å². The number of hydrogen-bond acceptors (Lipinski definition) is 3. The molecule has 1 aliphatic carbocycles. The summed E-state index contributed by atoms with van der Waals surface area (Å²) >= 11 is 0. The molecule has 1 aromatic carbocycles. The average molecular weight is 387 g/mol. The molecule has 144 valence electrons. The first-order valence-electron chi connectivity index (χ1n) is 9.60. The smallest absolute Gasteiger partial charge is 0.268 e. The van der Waals surface area contributed by atoms with E-state index >= 15 is 0 Å². The van der Waals surface area contributed by atoms with Crippen molar-refractivity contribution in [2.45, 2.75) is 44.9 Å². The Morgan fingerprint density at radius 3 is 2.70 bits per heavy atom. The Hall–Kier alpha value is -2.08. The number of amides is 1. The number of carbonyl (C=O) groups excluding carboxylic acids is 1. The van der Waals surface area contributed by atoms with Crippen LogP contribution in [-0.2, 0) is 28.6 Å². The zero-order valence-corrected chi connectivity index (χ0v) is 16.7. The normalized spacial score (nSPS) is 16.9. The fraction of sp³-hybridized carbons (Fsp3) is 0.476. The Bertz CT molecular complexity index is 1000. The fourth-order valence-corrected chi connectivity index (χ4v) is 4.83. The molecule has 0 spiro atoms. The lowest BCUT2D eigenvalue weighted by Gasteiger charge is -2.21. The third-order valence-corrected chi connectivity index (χ3v) is 6.38. The summed E-state index contributed by atoms with van der Waals surface area (Å²) in [4.78, 5) is 12.3. The van der Waals surface area contributed by atoms with Crippen molar-refractivity contribution in [1.29, 1.82) is 0 Å². The molecule has 0 saturated heterocycles. The van der Waals surface area contributed by atoms with Crippen molar-refractivity contribution in [2.24, 2.45) is 5.92 Å². The third-order valence-electron chi connectivity index (χ3n) is 5.52. The van der Waals surface area contributed by atoms with Crippen LogP contribution in [0.4, 0.5) is 0 Å². The third kappa shape index (κ3) is 3.95. The number of rotatable bonds is 6. The Morgan fingerprint density at radius 2 is 2.00 bits per heavy atom. The highest BCUT2D eigenvalue weighted by Gasteiger charge is 2.25. The number of nitrogens with one attached hydrogen (secondary N) is 1. The largest absolute Gasteiger partial charge is 0.349 e. The Labute approximate surface area is 160 Å². The second-order valence-corrected chi connectivity index (χ2v) is 10.2. The number of sulfone groups is 1. The first-order valence-corrected chi connectivity index (χ1v) is 11.7. The van der Waals surface area contributed by atoms with Gasteiger partial charge in [0.1, 0.15) is 5.69 Å². The van der Waals surface area contributed by atoms with Crippen molar-refractivity contribution in [1.82, 2.24) is 9.88 Å². The molecule has 1 fully saturated rings. The van der Waals surface area contributed by atoms with Crippen LogP contribution in [0.2, 0.25) is 0 Å². The molecule has 0 bridgehead atoms. The van der Waals surface area contributed by atoms with E-state index in [9.17, 15) is 13.2 Å². The molecular weight excluding hydrogens is 360 g/mol. The maximum absolute atomic E-state index is 12.3. The minimum atomic E-state index is -3.10. The fourth-order valence-electron chi connectivity index (χ4n) is 4.05. The summed E-state index contributed by atoms with van der Waals surface area (Å²) < 4.78 is 25.6. The zero-order valence-electron chi connectivity index (χ0n) is 15.9. The first kappa shape index (κ1) is 18.3. The summed E-state index contributed by atoms with van der Waals surface area (Å²) in [6, 6.07) is 8.10. The first-order chi connectivity index (χ1) is 12.8. The molecule has 2 aromatic rings. The number of aromatic nitrogens is 1. The van der Waals surface area contributed by atoms with Gasteiger partial charge in [-0.25, -0.2) is 8.42 Å². The van der Waals surface area contributed by atoms with E-state index in [1.54, 1.807) is 0 Å². The van der Waals surface area contributed by atoms with Gasteiger partial charge in [-0.1, -0.05) is 25.0 Å². The Kier molecular flexibility index (Phi) is 4.62. The van der Waals surface area contributed by atoms with Gasteiger partial charge in [-0.15, -0.1) is 0 Å². The van der Waals surface area contributed by atoms with Gasteiger partial charge in [-0.05, 0) is 54.5 Å². The van der Waals surface area contributed by atoms with E-state index in [1.165, 1.54) is 31.1 Å². The second kappa shape index (κ2) is 6.82. The maximum atomic E-state index is 12.3. The number of benzene rings is 1. The number of fused-ring (bicyclic) bond motifs is 1. The van der Waals surface area contributed by atoms with Crippen molar-refractivity contribution in [3.05, 3.63) is 46.6 Å². The van der Waals surface area contributed by atoms with Crippen molar-refractivity contribution < 1.29 is 13.2 Å². The molecule has 0 radical (unpaired) electrons. The van der Waals surface area contributed by atoms with Gasteiger partial charge in [-0.2, -0.15) is 0 Å². The van der Waals surface area contributed by atoms with Crippen LogP contribution in [0.25, 0.3) is 11.3 Å². The molecule has 0 unspecified atom stereocenters. The van der Waals surface area contributed by atoms with Crippen LogP contribution in [0.3, 0.4) is 0 Å². The highest BCUT2D eigenvalue weighted by molar-refractivity contribution is 7.89. The predicted octanol–water partition coefficient (Wildman–Crippen LogP) is 3.09. The van der Waals surface area contributed by atoms with E-state index in [1.807, 2.05) is 19.1 Å². The summed E-state index contributed by atoms with van der Waals surface area (Å²) in [5.41, 5.74) is 5.82. The zero-order chi connectivity index (χ0) is 19.2. The Balaban J connectivity index is 1.80. The van der Waals surface area contributed by atoms with E-state index in [0.29, 0.717) is 6.54 Å². The van der Waals surface area contributed by atoms with Crippen molar-refractivity contribution in [2.75, 3.05) is 12.8 Å². The van der Waals surface area contributed by atoms with Gasteiger partial charge in [0.05, 0.1) is 5.75 Å². The van der Waals surface area contributed by atoms with Gasteiger partial charge in [-0.3, -0.25) is 4.79 Å². The van der Waals surface area contributed by atoms with Crippen LogP contribution >= 0.6 is 0 Å². The summed E-state index contributed by atoms with van der Waals surface area (Å²) in [6.45, 7) is 3.32. The van der Waals surface area contributed by atoms with Crippen LogP contribution in [0.15, 0.2) is 24.3 Å². The molecule has 0 atom stereocenters. The lowest BCUT2D eigenvalue weighted by Crippen LogP contribution is -2.35. The van der Waals surface area contributed by atoms with E-state index in [4.69, 9.17) is 0 Å². The van der Waals surface area contributed by atoms with Crippen LogP contribution < -0.4 is 5.32 Å². The number of aryl methyl sites for hydroxylation is 2. The second-order valence-electron chi connectivity index (χ2n) is 8.01. The summed E-state index contributed by atoms with van der Waals surface area (Å²) in [6.07, 6.45) is 6.07. The lowest BCUT2D eigenvalue weighted by atomic mass is 9.97. The highest BCUT2D eigenvalue weighted by Crippen LogP contribution is 2.36. The van der Waals surface area contributed by atoms with Gasteiger partial charge >= 0.3 is 0 Å². The number of carbonyl (C=O) groups is 1. The standard InChI is InChI=1S/C21H26N2O3S/c1-14-11-19(23-10-9-22-21(24)20(14)23)18-12-16(13-27(2,25)26)6-8-17(18)7-5-15-3-4-15/h6,8,11-12,15H,3-5,7,9-10,13H2,1-2H3,(H,22,24). The van der Waals surface area contributed by atoms with Crippen molar-refractivity contribution in [3.63, 3.8) is 0 Å². The van der Waals surface area contributed by atoms with Crippen LogP contribution in [0.5, 0.6) is 0 Å². The molecule has 5 nitrogen and oxygen atoms in total. The van der Waals surface area contributed by atoms with Crippen molar-refractivity contribution >= 4 is 15.7 Å².